The van der Waals surface area contributed by atoms with E-state index in [1.807, 2.05) is 56.3 Å². The maximum atomic E-state index is 13.7. The van der Waals surface area contributed by atoms with E-state index in [-0.39, 0.29) is 17.5 Å². The third-order valence-electron chi connectivity index (χ3n) is 6.09. The van der Waals surface area contributed by atoms with Crippen molar-refractivity contribution in [2.75, 3.05) is 20.3 Å². The highest BCUT2D eigenvalue weighted by molar-refractivity contribution is 5.94. The van der Waals surface area contributed by atoms with Crippen molar-refractivity contribution >= 4 is 16.8 Å². The Balaban J connectivity index is 2.03. The molecule has 0 aliphatic rings. The molecule has 33 heavy (non-hydrogen) atoms. The van der Waals surface area contributed by atoms with E-state index in [4.69, 9.17) is 9.72 Å². The minimum atomic E-state index is -0.343. The van der Waals surface area contributed by atoms with Gasteiger partial charge in [0.2, 0.25) is 0 Å². The number of methoxy groups -OCH3 is 1. The summed E-state index contributed by atoms with van der Waals surface area (Å²) in [6.45, 7) is 7.43. The molecule has 0 aliphatic carbocycles. The number of aryl methyl sites for hydroxylation is 1. The third kappa shape index (κ3) is 5.50. The molecule has 0 bridgehead atoms. The quantitative estimate of drug-likeness (QED) is 0.413. The van der Waals surface area contributed by atoms with Gasteiger partial charge < -0.3 is 9.64 Å². The second kappa shape index (κ2) is 11.8. The summed E-state index contributed by atoms with van der Waals surface area (Å²) >= 11 is 0. The number of ether oxygens (including phenoxy) is 1. The molecule has 3 aromatic rings. The molecule has 0 fully saturated rings. The average Bonchev–Trinajstić information content (AvgIpc) is 2.85. The van der Waals surface area contributed by atoms with Crippen molar-refractivity contribution in [1.82, 2.24) is 14.5 Å². The van der Waals surface area contributed by atoms with Gasteiger partial charge in [0, 0.05) is 25.8 Å². The number of aromatic nitrogens is 2. The van der Waals surface area contributed by atoms with Crippen LogP contribution >= 0.6 is 0 Å². The Morgan fingerprint density at radius 2 is 1.82 bits per heavy atom. The Labute approximate surface area is 196 Å². The number of benzene rings is 2. The highest BCUT2D eigenvalue weighted by atomic mass is 16.5. The van der Waals surface area contributed by atoms with Gasteiger partial charge >= 0.3 is 0 Å². The van der Waals surface area contributed by atoms with Gasteiger partial charge in [-0.05, 0) is 56.0 Å². The Morgan fingerprint density at radius 3 is 2.45 bits per heavy atom. The smallest absolute Gasteiger partial charge is 0.261 e. The molecule has 1 heterocycles. The number of rotatable bonds is 11. The largest absolute Gasteiger partial charge is 0.383 e. The number of hydrogen-bond acceptors (Lipinski definition) is 4. The van der Waals surface area contributed by atoms with E-state index in [0.29, 0.717) is 48.4 Å². The number of para-hydroxylation sites is 1. The van der Waals surface area contributed by atoms with Gasteiger partial charge in [-0.25, -0.2) is 4.98 Å². The summed E-state index contributed by atoms with van der Waals surface area (Å²) in [7, 11) is 1.63. The number of amides is 1. The van der Waals surface area contributed by atoms with Crippen LogP contribution in [0.2, 0.25) is 0 Å². The number of fused-ring (bicyclic) bond motifs is 1. The molecule has 6 nitrogen and oxygen atoms in total. The predicted molar refractivity (Wildman–Crippen MR) is 133 cm³/mol. The zero-order valence-corrected chi connectivity index (χ0v) is 20.2. The van der Waals surface area contributed by atoms with Crippen LogP contribution in [0.3, 0.4) is 0 Å². The summed E-state index contributed by atoms with van der Waals surface area (Å²) in [6, 6.07) is 14.9. The van der Waals surface area contributed by atoms with Gasteiger partial charge in [0.1, 0.15) is 5.82 Å². The standard InChI is InChI=1S/C27H35N3O3/c1-5-8-11-20-14-16-21(17-15-20)26(31)30(18-19-33-4)24(6-2)25-28-23-13-10-9-12-22(23)27(32)29(25)7-3/h9-10,12-17,24H,5-8,11,18-19H2,1-4H3. The van der Waals surface area contributed by atoms with Crippen molar-refractivity contribution in [3.8, 4) is 0 Å². The fraction of sp³-hybridized carbons (Fsp3) is 0.444. The summed E-state index contributed by atoms with van der Waals surface area (Å²) in [4.78, 5) is 33.5. The van der Waals surface area contributed by atoms with Crippen molar-refractivity contribution in [2.24, 2.45) is 0 Å². The number of carbonyl (C=O) groups excluding carboxylic acids is 1. The Bertz CT molecular complexity index is 1120. The maximum absolute atomic E-state index is 13.7. The van der Waals surface area contributed by atoms with E-state index >= 15 is 0 Å². The van der Waals surface area contributed by atoms with Gasteiger partial charge in [-0.1, -0.05) is 44.5 Å². The number of unbranched alkanes of at least 4 members (excludes halogenated alkanes) is 1. The fourth-order valence-corrected chi connectivity index (χ4v) is 4.24. The van der Waals surface area contributed by atoms with Crippen LogP contribution in [-0.2, 0) is 17.7 Å². The molecule has 0 N–H and O–H groups in total. The van der Waals surface area contributed by atoms with Crippen LogP contribution in [0.4, 0.5) is 0 Å². The van der Waals surface area contributed by atoms with Crippen molar-refractivity contribution in [3.05, 3.63) is 75.8 Å². The molecule has 0 spiro atoms. The average molecular weight is 450 g/mol. The van der Waals surface area contributed by atoms with Gasteiger partial charge in [-0.2, -0.15) is 0 Å². The molecule has 0 radical (unpaired) electrons. The Kier molecular flexibility index (Phi) is 8.78. The lowest BCUT2D eigenvalue weighted by molar-refractivity contribution is 0.0576. The van der Waals surface area contributed by atoms with Crippen LogP contribution in [-0.4, -0.2) is 40.6 Å². The summed E-state index contributed by atoms with van der Waals surface area (Å²) in [6.07, 6.45) is 3.92. The van der Waals surface area contributed by atoms with Crippen molar-refractivity contribution in [1.29, 1.82) is 0 Å². The van der Waals surface area contributed by atoms with Crippen molar-refractivity contribution < 1.29 is 9.53 Å². The van der Waals surface area contributed by atoms with E-state index in [9.17, 15) is 9.59 Å². The molecule has 1 atom stereocenters. The van der Waals surface area contributed by atoms with Crippen LogP contribution in [0.5, 0.6) is 0 Å². The summed E-state index contributed by atoms with van der Waals surface area (Å²) < 4.78 is 7.01. The van der Waals surface area contributed by atoms with Crippen LogP contribution in [0, 0.1) is 0 Å². The van der Waals surface area contributed by atoms with Crippen LogP contribution in [0.25, 0.3) is 10.9 Å². The lowest BCUT2D eigenvalue weighted by Crippen LogP contribution is -2.40. The van der Waals surface area contributed by atoms with Crippen LogP contribution < -0.4 is 5.56 Å². The Hall–Kier alpha value is -2.99. The fourth-order valence-electron chi connectivity index (χ4n) is 4.24. The summed E-state index contributed by atoms with van der Waals surface area (Å²) in [5.41, 5.74) is 2.45. The van der Waals surface area contributed by atoms with Gasteiger partial charge in [-0.15, -0.1) is 0 Å². The summed E-state index contributed by atoms with van der Waals surface area (Å²) in [5.74, 6) is 0.540. The molecular weight excluding hydrogens is 414 g/mol. The normalized spacial score (nSPS) is 12.1. The molecule has 2 aromatic carbocycles. The van der Waals surface area contributed by atoms with Crippen LogP contribution in [0.1, 0.15) is 67.8 Å². The maximum Gasteiger partial charge on any atom is 0.261 e. The lowest BCUT2D eigenvalue weighted by atomic mass is 10.0. The first-order valence-electron chi connectivity index (χ1n) is 11.9. The van der Waals surface area contributed by atoms with Gasteiger partial charge in [-0.3, -0.25) is 14.2 Å². The first-order chi connectivity index (χ1) is 16.0. The summed E-state index contributed by atoms with van der Waals surface area (Å²) in [5, 5.41) is 0.593. The van der Waals surface area contributed by atoms with E-state index in [2.05, 4.69) is 6.92 Å². The number of carbonyl (C=O) groups is 1. The van der Waals surface area contributed by atoms with Crippen molar-refractivity contribution in [3.63, 3.8) is 0 Å². The van der Waals surface area contributed by atoms with E-state index in [1.165, 1.54) is 5.56 Å². The van der Waals surface area contributed by atoms with Crippen LogP contribution in [0.15, 0.2) is 53.3 Å². The molecule has 1 unspecified atom stereocenters. The first-order valence-corrected chi connectivity index (χ1v) is 11.9. The zero-order valence-electron chi connectivity index (χ0n) is 20.2. The zero-order chi connectivity index (χ0) is 23.8. The molecule has 1 amide bonds. The van der Waals surface area contributed by atoms with Crippen molar-refractivity contribution in [2.45, 2.75) is 59.0 Å². The third-order valence-corrected chi connectivity index (χ3v) is 6.09. The molecule has 0 aliphatic heterocycles. The SMILES string of the molecule is CCCCc1ccc(C(=O)N(CCOC)C(CC)c2nc3ccccc3c(=O)n2CC)cc1. The minimum absolute atomic E-state index is 0.0732. The molecular formula is C27H35N3O3. The minimum Gasteiger partial charge on any atom is -0.383 e. The number of nitrogens with zero attached hydrogens (tertiary/aromatic N) is 3. The molecule has 176 valence electrons. The molecule has 1 aromatic heterocycles. The predicted octanol–water partition coefficient (Wildman–Crippen LogP) is 5.00. The molecule has 6 heteroatoms. The van der Waals surface area contributed by atoms with E-state index in [1.54, 1.807) is 22.6 Å². The highest BCUT2D eigenvalue weighted by Crippen LogP contribution is 2.26. The van der Waals surface area contributed by atoms with Gasteiger partial charge in [0.05, 0.1) is 23.6 Å². The first kappa shape index (κ1) is 24.6. The topological polar surface area (TPSA) is 64.4 Å². The van der Waals surface area contributed by atoms with E-state index < -0.39 is 0 Å². The number of hydrogen-bond donors (Lipinski definition) is 0. The highest BCUT2D eigenvalue weighted by Gasteiger charge is 2.28. The molecule has 0 saturated heterocycles. The second-order valence-electron chi connectivity index (χ2n) is 8.25. The molecule has 3 rings (SSSR count). The van der Waals surface area contributed by atoms with Gasteiger partial charge in [0.15, 0.2) is 0 Å². The second-order valence-corrected chi connectivity index (χ2v) is 8.25. The van der Waals surface area contributed by atoms with Gasteiger partial charge in [0.25, 0.3) is 11.5 Å². The van der Waals surface area contributed by atoms with E-state index in [0.717, 1.165) is 19.3 Å². The molecule has 0 saturated carbocycles. The Morgan fingerprint density at radius 1 is 1.09 bits per heavy atom. The lowest BCUT2D eigenvalue weighted by Gasteiger charge is -2.32. The monoisotopic (exact) mass is 449 g/mol.